The molecule has 0 bridgehead atoms. The van der Waals surface area contributed by atoms with Gasteiger partial charge in [0.25, 0.3) is 0 Å². The molecule has 1 fully saturated rings. The second-order valence-electron chi connectivity index (χ2n) is 8.45. The van der Waals surface area contributed by atoms with E-state index in [0.717, 1.165) is 18.4 Å². The molecule has 0 spiro atoms. The predicted octanol–water partition coefficient (Wildman–Crippen LogP) is 6.17. The lowest BCUT2D eigenvalue weighted by molar-refractivity contribution is 0.161. The van der Waals surface area contributed by atoms with Gasteiger partial charge in [-0.1, -0.05) is 29.8 Å². The third-order valence-electron chi connectivity index (χ3n) is 6.64. The molecule has 2 nitrogen and oxygen atoms in total. The van der Waals surface area contributed by atoms with Crippen molar-refractivity contribution in [3.05, 3.63) is 76.7 Å². The molecule has 1 saturated heterocycles. The normalized spacial score (nSPS) is 22.5. The van der Waals surface area contributed by atoms with Gasteiger partial charge in [0, 0.05) is 22.6 Å². The molecule has 0 radical (unpaired) electrons. The van der Waals surface area contributed by atoms with Crippen molar-refractivity contribution in [2.24, 2.45) is 0 Å². The fraction of sp³-hybridized carbons (Fsp3) is 0.360. The summed E-state index contributed by atoms with van der Waals surface area (Å²) in [7, 11) is 0. The Bertz CT molecular complexity index is 1040. The molecule has 2 aliphatic rings. The minimum absolute atomic E-state index is 0.179. The fourth-order valence-corrected chi connectivity index (χ4v) is 5.15. The number of nitrogens with zero attached hydrogens (tertiary/aromatic N) is 1. The van der Waals surface area contributed by atoms with E-state index in [1.165, 1.54) is 52.7 Å². The van der Waals surface area contributed by atoms with Gasteiger partial charge in [-0.25, -0.2) is 4.39 Å². The molecule has 2 aliphatic heterocycles. The molecular weight excluding hydrogens is 347 g/mol. The number of rotatable bonds is 3. The van der Waals surface area contributed by atoms with Crippen LogP contribution in [-0.4, -0.2) is 22.5 Å². The second-order valence-corrected chi connectivity index (χ2v) is 8.45. The summed E-state index contributed by atoms with van der Waals surface area (Å²) in [6, 6.07) is 14.7. The first-order chi connectivity index (χ1) is 13.6. The maximum absolute atomic E-state index is 13.2. The van der Waals surface area contributed by atoms with E-state index in [-0.39, 0.29) is 5.82 Å². The van der Waals surface area contributed by atoms with Gasteiger partial charge in [0.05, 0.1) is 6.04 Å². The number of aromatic amines is 1. The monoisotopic (exact) mass is 374 g/mol. The average molecular weight is 375 g/mol. The van der Waals surface area contributed by atoms with Crippen LogP contribution in [0.3, 0.4) is 0 Å². The molecule has 2 atom stereocenters. The molecule has 0 saturated carbocycles. The van der Waals surface area contributed by atoms with Gasteiger partial charge in [-0.15, -0.1) is 0 Å². The quantitative estimate of drug-likeness (QED) is 0.581. The Hall–Kier alpha value is -2.39. The van der Waals surface area contributed by atoms with Crippen LogP contribution in [0.5, 0.6) is 0 Å². The van der Waals surface area contributed by atoms with Crippen molar-refractivity contribution in [3.8, 4) is 0 Å². The zero-order valence-electron chi connectivity index (χ0n) is 16.6. The molecule has 3 aromatic rings. The molecule has 3 heterocycles. The lowest BCUT2D eigenvalue weighted by Gasteiger charge is -2.37. The summed E-state index contributed by atoms with van der Waals surface area (Å²) >= 11 is 0. The Morgan fingerprint density at radius 1 is 1.21 bits per heavy atom. The minimum atomic E-state index is -0.179. The number of halogens is 1. The standard InChI is InChI=1S/C25H27FN2/c1-16-5-11-23-21(14-16)22-15-20-4-3-13-28(20)24(25(22)27-23)12-6-17(2)18-7-9-19(26)10-8-18/h5-11,14,20,24,27H,3-4,12-13,15H2,1-2H3. The van der Waals surface area contributed by atoms with Crippen molar-refractivity contribution in [1.82, 2.24) is 9.88 Å². The van der Waals surface area contributed by atoms with Crippen molar-refractivity contribution >= 4 is 16.5 Å². The number of H-pyrrole nitrogens is 1. The first-order valence-corrected chi connectivity index (χ1v) is 10.4. The lowest BCUT2D eigenvalue weighted by Crippen LogP contribution is -2.39. The van der Waals surface area contributed by atoms with Crippen LogP contribution in [0, 0.1) is 12.7 Å². The van der Waals surface area contributed by atoms with Gasteiger partial charge in [0.2, 0.25) is 0 Å². The van der Waals surface area contributed by atoms with Crippen LogP contribution >= 0.6 is 0 Å². The maximum Gasteiger partial charge on any atom is 0.123 e. The predicted molar refractivity (Wildman–Crippen MR) is 114 cm³/mol. The number of nitrogens with one attached hydrogen (secondary N) is 1. The van der Waals surface area contributed by atoms with E-state index in [1.807, 2.05) is 12.1 Å². The van der Waals surface area contributed by atoms with Crippen molar-refractivity contribution in [1.29, 1.82) is 0 Å². The van der Waals surface area contributed by atoms with Gasteiger partial charge in [-0.2, -0.15) is 0 Å². The zero-order valence-corrected chi connectivity index (χ0v) is 16.6. The van der Waals surface area contributed by atoms with E-state index in [9.17, 15) is 4.39 Å². The first kappa shape index (κ1) is 17.7. The van der Waals surface area contributed by atoms with E-state index < -0.39 is 0 Å². The van der Waals surface area contributed by atoms with Crippen molar-refractivity contribution < 1.29 is 4.39 Å². The summed E-state index contributed by atoms with van der Waals surface area (Å²) in [5.41, 5.74) is 7.84. The molecule has 0 amide bonds. The van der Waals surface area contributed by atoms with Crippen LogP contribution in [0.1, 0.15) is 54.6 Å². The summed E-state index contributed by atoms with van der Waals surface area (Å²) in [5.74, 6) is -0.179. The van der Waals surface area contributed by atoms with Gasteiger partial charge in [-0.05, 0) is 87.0 Å². The molecule has 28 heavy (non-hydrogen) atoms. The van der Waals surface area contributed by atoms with E-state index >= 15 is 0 Å². The Labute approximate surface area is 166 Å². The summed E-state index contributed by atoms with van der Waals surface area (Å²) in [6.07, 6.45) is 7.08. The van der Waals surface area contributed by atoms with Crippen LogP contribution in [-0.2, 0) is 6.42 Å². The zero-order chi connectivity index (χ0) is 19.3. The topological polar surface area (TPSA) is 19.0 Å². The van der Waals surface area contributed by atoms with E-state index in [1.54, 1.807) is 12.1 Å². The first-order valence-electron chi connectivity index (χ1n) is 10.4. The SMILES string of the molecule is CC(=CCC1c2[nH]c3ccc(C)cc3c2CC2CCCN21)c1ccc(F)cc1. The van der Waals surface area contributed by atoms with Crippen LogP contribution < -0.4 is 0 Å². The molecule has 0 aliphatic carbocycles. The third kappa shape index (κ3) is 2.98. The Kier molecular flexibility index (Phi) is 4.36. The molecule has 2 aromatic carbocycles. The van der Waals surface area contributed by atoms with Crippen LogP contribution in [0.25, 0.3) is 16.5 Å². The minimum Gasteiger partial charge on any atom is -0.357 e. The number of aromatic nitrogens is 1. The highest BCUT2D eigenvalue weighted by atomic mass is 19.1. The molecular formula is C25H27FN2. The van der Waals surface area contributed by atoms with E-state index in [2.05, 4.69) is 48.0 Å². The maximum atomic E-state index is 13.2. The molecule has 5 rings (SSSR count). The lowest BCUT2D eigenvalue weighted by atomic mass is 9.90. The third-order valence-corrected chi connectivity index (χ3v) is 6.64. The van der Waals surface area contributed by atoms with E-state index in [0.29, 0.717) is 12.1 Å². The number of hydrogen-bond donors (Lipinski definition) is 1. The fourth-order valence-electron chi connectivity index (χ4n) is 5.15. The number of hydrogen-bond acceptors (Lipinski definition) is 1. The van der Waals surface area contributed by atoms with Crippen molar-refractivity contribution in [3.63, 3.8) is 0 Å². The van der Waals surface area contributed by atoms with Gasteiger partial charge >= 0.3 is 0 Å². The summed E-state index contributed by atoms with van der Waals surface area (Å²) in [5, 5.41) is 1.41. The highest BCUT2D eigenvalue weighted by Gasteiger charge is 2.38. The van der Waals surface area contributed by atoms with Crippen molar-refractivity contribution in [2.45, 2.75) is 51.6 Å². The average Bonchev–Trinajstić information content (AvgIpc) is 3.30. The summed E-state index contributed by atoms with van der Waals surface area (Å²) in [6.45, 7) is 5.50. The molecule has 1 N–H and O–H groups in total. The molecule has 3 heteroatoms. The Balaban J connectivity index is 1.52. The van der Waals surface area contributed by atoms with Crippen LogP contribution in [0.2, 0.25) is 0 Å². The number of benzene rings is 2. The van der Waals surface area contributed by atoms with Crippen LogP contribution in [0.4, 0.5) is 4.39 Å². The van der Waals surface area contributed by atoms with Gasteiger partial charge in [-0.3, -0.25) is 4.90 Å². The molecule has 2 unspecified atom stereocenters. The molecule has 1 aromatic heterocycles. The number of fused-ring (bicyclic) bond motifs is 4. The largest absolute Gasteiger partial charge is 0.357 e. The van der Waals surface area contributed by atoms with E-state index in [4.69, 9.17) is 0 Å². The Morgan fingerprint density at radius 3 is 2.86 bits per heavy atom. The summed E-state index contributed by atoms with van der Waals surface area (Å²) < 4.78 is 13.2. The highest BCUT2D eigenvalue weighted by Crippen LogP contribution is 2.43. The van der Waals surface area contributed by atoms with Gasteiger partial charge in [0.1, 0.15) is 5.82 Å². The van der Waals surface area contributed by atoms with Crippen molar-refractivity contribution in [2.75, 3.05) is 6.54 Å². The second kappa shape index (κ2) is 6.89. The van der Waals surface area contributed by atoms with Crippen LogP contribution in [0.15, 0.2) is 48.5 Å². The highest BCUT2D eigenvalue weighted by molar-refractivity contribution is 5.86. The summed E-state index contributed by atoms with van der Waals surface area (Å²) in [4.78, 5) is 6.46. The number of allylic oxidation sites excluding steroid dienone is 1. The number of aryl methyl sites for hydroxylation is 1. The van der Waals surface area contributed by atoms with Gasteiger partial charge in [0.15, 0.2) is 0 Å². The Morgan fingerprint density at radius 2 is 2.04 bits per heavy atom. The molecule has 144 valence electrons. The smallest absolute Gasteiger partial charge is 0.123 e. The van der Waals surface area contributed by atoms with Gasteiger partial charge < -0.3 is 4.98 Å².